The van der Waals surface area contributed by atoms with Gasteiger partial charge in [-0.3, -0.25) is 13.9 Å². The number of halogens is 1. The summed E-state index contributed by atoms with van der Waals surface area (Å²) in [6.45, 7) is 0.407. The summed E-state index contributed by atoms with van der Waals surface area (Å²) < 4.78 is 2.65. The highest BCUT2D eigenvalue weighted by Crippen LogP contribution is 2.13. The van der Waals surface area contributed by atoms with Gasteiger partial charge in [0.2, 0.25) is 0 Å². The third-order valence-electron chi connectivity index (χ3n) is 4.26. The van der Waals surface area contributed by atoms with Crippen LogP contribution in [0.2, 0.25) is 5.02 Å². The Morgan fingerprint density at radius 1 is 0.815 bits per heavy atom. The Bertz CT molecular complexity index is 1230. The lowest BCUT2D eigenvalue weighted by atomic mass is 10.2. The van der Waals surface area contributed by atoms with E-state index in [1.54, 1.807) is 12.1 Å². The highest BCUT2D eigenvalue weighted by molar-refractivity contribution is 6.30. The normalized spacial score (nSPS) is 11.0. The molecule has 2 aromatic heterocycles. The van der Waals surface area contributed by atoms with Crippen LogP contribution in [0, 0.1) is 0 Å². The van der Waals surface area contributed by atoms with Crippen molar-refractivity contribution in [2.45, 2.75) is 13.1 Å². The first-order chi connectivity index (χ1) is 13.1. The van der Waals surface area contributed by atoms with Gasteiger partial charge in [0.25, 0.3) is 5.56 Å². The van der Waals surface area contributed by atoms with Crippen molar-refractivity contribution in [3.8, 4) is 0 Å². The lowest BCUT2D eigenvalue weighted by Gasteiger charge is -2.13. The largest absolute Gasteiger partial charge is 0.333 e. The SMILES string of the molecule is O=c1c2nccnc2n(Cc2cccc(Cl)c2)c(=O)n1Cc1ccccc1. The second kappa shape index (κ2) is 7.17. The van der Waals surface area contributed by atoms with Crippen LogP contribution in [0.3, 0.4) is 0 Å². The first kappa shape index (κ1) is 17.2. The molecular weight excluding hydrogens is 364 g/mol. The summed E-state index contributed by atoms with van der Waals surface area (Å²) in [5.41, 5.74) is 1.23. The van der Waals surface area contributed by atoms with Gasteiger partial charge in [0, 0.05) is 17.4 Å². The maximum absolute atomic E-state index is 13.1. The van der Waals surface area contributed by atoms with Crippen molar-refractivity contribution in [2.75, 3.05) is 0 Å². The molecule has 0 atom stereocenters. The maximum Gasteiger partial charge on any atom is 0.333 e. The minimum Gasteiger partial charge on any atom is -0.272 e. The smallest absolute Gasteiger partial charge is 0.272 e. The highest BCUT2D eigenvalue weighted by Gasteiger charge is 2.15. The van der Waals surface area contributed by atoms with E-state index < -0.39 is 11.2 Å². The van der Waals surface area contributed by atoms with E-state index >= 15 is 0 Å². The number of benzene rings is 2. The first-order valence-corrected chi connectivity index (χ1v) is 8.74. The molecule has 0 unspecified atom stereocenters. The Morgan fingerprint density at radius 2 is 1.52 bits per heavy atom. The van der Waals surface area contributed by atoms with E-state index in [2.05, 4.69) is 9.97 Å². The summed E-state index contributed by atoms with van der Waals surface area (Å²) in [6.07, 6.45) is 2.92. The van der Waals surface area contributed by atoms with E-state index in [9.17, 15) is 9.59 Å². The van der Waals surface area contributed by atoms with Crippen molar-refractivity contribution in [3.05, 3.63) is 104 Å². The van der Waals surface area contributed by atoms with Crippen LogP contribution in [0.5, 0.6) is 0 Å². The van der Waals surface area contributed by atoms with Crippen LogP contribution in [-0.4, -0.2) is 19.1 Å². The zero-order valence-electron chi connectivity index (χ0n) is 14.2. The Kier molecular flexibility index (Phi) is 4.56. The topological polar surface area (TPSA) is 69.8 Å². The molecule has 2 heterocycles. The molecule has 0 saturated heterocycles. The van der Waals surface area contributed by atoms with Gasteiger partial charge >= 0.3 is 5.69 Å². The van der Waals surface area contributed by atoms with Crippen LogP contribution < -0.4 is 11.2 Å². The van der Waals surface area contributed by atoms with E-state index in [4.69, 9.17) is 11.6 Å². The van der Waals surface area contributed by atoms with Crippen LogP contribution in [-0.2, 0) is 13.1 Å². The van der Waals surface area contributed by atoms with Crippen molar-refractivity contribution >= 4 is 22.8 Å². The zero-order valence-corrected chi connectivity index (χ0v) is 15.0. The number of fused-ring (bicyclic) bond motifs is 1. The predicted molar refractivity (Wildman–Crippen MR) is 104 cm³/mol. The van der Waals surface area contributed by atoms with E-state index in [1.807, 2.05) is 42.5 Å². The van der Waals surface area contributed by atoms with Gasteiger partial charge in [0.1, 0.15) is 0 Å². The second-order valence-corrected chi connectivity index (χ2v) is 6.54. The van der Waals surface area contributed by atoms with Gasteiger partial charge < -0.3 is 0 Å². The molecule has 4 aromatic rings. The molecule has 6 nitrogen and oxygen atoms in total. The molecule has 0 saturated carbocycles. The van der Waals surface area contributed by atoms with E-state index in [0.29, 0.717) is 5.02 Å². The number of nitrogens with zero attached hydrogens (tertiary/aromatic N) is 4. The van der Waals surface area contributed by atoms with E-state index in [1.165, 1.54) is 21.5 Å². The third-order valence-corrected chi connectivity index (χ3v) is 4.49. The molecule has 2 aromatic carbocycles. The summed E-state index contributed by atoms with van der Waals surface area (Å²) >= 11 is 6.06. The fraction of sp³-hybridized carbons (Fsp3) is 0.100. The summed E-state index contributed by atoms with van der Waals surface area (Å²) in [5.74, 6) is 0. The van der Waals surface area contributed by atoms with Gasteiger partial charge in [-0.2, -0.15) is 0 Å². The molecule has 0 N–H and O–H groups in total. The van der Waals surface area contributed by atoms with Gasteiger partial charge in [0.15, 0.2) is 11.2 Å². The number of hydrogen-bond donors (Lipinski definition) is 0. The number of aromatic nitrogens is 4. The number of hydrogen-bond acceptors (Lipinski definition) is 4. The van der Waals surface area contributed by atoms with Crippen LogP contribution >= 0.6 is 11.6 Å². The van der Waals surface area contributed by atoms with Crippen LogP contribution in [0.25, 0.3) is 11.2 Å². The maximum atomic E-state index is 13.1. The zero-order chi connectivity index (χ0) is 18.8. The van der Waals surface area contributed by atoms with Crippen LogP contribution in [0.4, 0.5) is 0 Å². The van der Waals surface area contributed by atoms with Crippen molar-refractivity contribution in [3.63, 3.8) is 0 Å². The quantitative estimate of drug-likeness (QED) is 0.547. The van der Waals surface area contributed by atoms with E-state index in [-0.39, 0.29) is 24.3 Å². The summed E-state index contributed by atoms with van der Waals surface area (Å²) in [6, 6.07) is 16.6. The number of rotatable bonds is 4. The van der Waals surface area contributed by atoms with Gasteiger partial charge in [0.05, 0.1) is 13.1 Å². The second-order valence-electron chi connectivity index (χ2n) is 6.10. The molecule has 0 fully saturated rings. The van der Waals surface area contributed by atoms with Crippen LogP contribution in [0.1, 0.15) is 11.1 Å². The van der Waals surface area contributed by atoms with Crippen LogP contribution in [0.15, 0.2) is 76.6 Å². The third kappa shape index (κ3) is 3.39. The molecule has 0 aliphatic rings. The molecule has 134 valence electrons. The predicted octanol–water partition coefficient (Wildman–Crippen LogP) is 2.70. The monoisotopic (exact) mass is 378 g/mol. The fourth-order valence-electron chi connectivity index (χ4n) is 3.00. The standard InChI is InChI=1S/C20H15ClN4O2/c21-16-8-4-7-15(11-16)13-24-18-17(22-9-10-23-18)19(26)25(20(24)27)12-14-5-2-1-3-6-14/h1-11H,12-13H2. The lowest BCUT2D eigenvalue weighted by molar-refractivity contribution is 0.628. The molecule has 27 heavy (non-hydrogen) atoms. The van der Waals surface area contributed by atoms with E-state index in [0.717, 1.165) is 11.1 Å². The Morgan fingerprint density at radius 3 is 2.30 bits per heavy atom. The average molecular weight is 379 g/mol. The molecule has 0 aliphatic heterocycles. The van der Waals surface area contributed by atoms with Crippen molar-refractivity contribution in [1.82, 2.24) is 19.1 Å². The molecule has 0 spiro atoms. The minimum atomic E-state index is -0.450. The molecule has 0 amide bonds. The van der Waals surface area contributed by atoms with Gasteiger partial charge in [-0.25, -0.2) is 14.8 Å². The fourth-order valence-corrected chi connectivity index (χ4v) is 3.21. The molecular formula is C20H15ClN4O2. The summed E-state index contributed by atoms with van der Waals surface area (Å²) in [4.78, 5) is 34.3. The Hall–Kier alpha value is -3.25. The van der Waals surface area contributed by atoms with Gasteiger partial charge in [-0.1, -0.05) is 54.1 Å². The van der Waals surface area contributed by atoms with Crippen molar-refractivity contribution in [2.24, 2.45) is 0 Å². The summed E-state index contributed by atoms with van der Waals surface area (Å²) in [7, 11) is 0. The molecule has 0 aliphatic carbocycles. The lowest BCUT2D eigenvalue weighted by Crippen LogP contribution is -2.41. The Balaban J connectivity index is 1.92. The summed E-state index contributed by atoms with van der Waals surface area (Å²) in [5, 5.41) is 0.577. The molecule has 4 rings (SSSR count). The molecule has 0 bridgehead atoms. The molecule has 7 heteroatoms. The minimum absolute atomic E-state index is 0.162. The highest BCUT2D eigenvalue weighted by atomic mass is 35.5. The van der Waals surface area contributed by atoms with Gasteiger partial charge in [-0.05, 0) is 23.3 Å². The average Bonchev–Trinajstić information content (AvgIpc) is 2.69. The van der Waals surface area contributed by atoms with Crippen molar-refractivity contribution in [1.29, 1.82) is 0 Å². The van der Waals surface area contributed by atoms with Gasteiger partial charge in [-0.15, -0.1) is 0 Å². The van der Waals surface area contributed by atoms with Crippen molar-refractivity contribution < 1.29 is 0 Å². The Labute approximate surface area is 159 Å². The molecule has 0 radical (unpaired) electrons. The first-order valence-electron chi connectivity index (χ1n) is 8.36.